The van der Waals surface area contributed by atoms with Gasteiger partial charge in [-0.25, -0.2) is 19.7 Å². The van der Waals surface area contributed by atoms with Crippen LogP contribution in [0.5, 0.6) is 0 Å². The van der Waals surface area contributed by atoms with E-state index in [1.807, 2.05) is 20.8 Å². The van der Waals surface area contributed by atoms with Crippen molar-refractivity contribution in [3.63, 3.8) is 0 Å². The molecule has 9 heteroatoms. The van der Waals surface area contributed by atoms with Crippen LogP contribution in [0.1, 0.15) is 32.0 Å². The summed E-state index contributed by atoms with van der Waals surface area (Å²) in [6.07, 6.45) is 4.85. The van der Waals surface area contributed by atoms with Crippen molar-refractivity contribution in [3.8, 4) is 11.4 Å². The van der Waals surface area contributed by atoms with E-state index < -0.39 is 11.7 Å². The SMILES string of the molecule is CC(C)(C)OC(=O)NCCN1CCc2c(nc(-c3cncnc3)[nH]c2=O)C1. The predicted molar refractivity (Wildman–Crippen MR) is 99.1 cm³/mol. The average molecular weight is 372 g/mol. The molecule has 144 valence electrons. The standard InChI is InChI=1S/C18H24N6O3/c1-18(2,3)27-17(26)21-5-7-24-6-4-13-14(10-24)22-15(23-16(13)25)12-8-19-11-20-9-12/h8-9,11H,4-7,10H2,1-3H3,(H,21,26)(H,22,23,25). The summed E-state index contributed by atoms with van der Waals surface area (Å²) in [6, 6.07) is 0. The molecular formula is C18H24N6O3. The fourth-order valence-corrected chi connectivity index (χ4v) is 2.87. The largest absolute Gasteiger partial charge is 0.444 e. The summed E-state index contributed by atoms with van der Waals surface area (Å²) in [5.74, 6) is 0.466. The highest BCUT2D eigenvalue weighted by molar-refractivity contribution is 5.67. The first-order valence-electron chi connectivity index (χ1n) is 8.88. The third-order valence-corrected chi connectivity index (χ3v) is 4.08. The number of H-pyrrole nitrogens is 1. The Morgan fingerprint density at radius 1 is 1.33 bits per heavy atom. The maximum Gasteiger partial charge on any atom is 0.407 e. The summed E-state index contributed by atoms with van der Waals surface area (Å²) in [6.45, 7) is 7.88. The van der Waals surface area contributed by atoms with E-state index >= 15 is 0 Å². The highest BCUT2D eigenvalue weighted by atomic mass is 16.6. The van der Waals surface area contributed by atoms with Crippen molar-refractivity contribution in [1.82, 2.24) is 30.2 Å². The van der Waals surface area contributed by atoms with E-state index in [9.17, 15) is 9.59 Å². The van der Waals surface area contributed by atoms with Gasteiger partial charge in [-0.1, -0.05) is 0 Å². The van der Waals surface area contributed by atoms with Gasteiger partial charge >= 0.3 is 6.09 Å². The number of nitrogens with zero attached hydrogens (tertiary/aromatic N) is 4. The van der Waals surface area contributed by atoms with Gasteiger partial charge in [0, 0.05) is 44.1 Å². The van der Waals surface area contributed by atoms with Gasteiger partial charge in [0.05, 0.1) is 11.3 Å². The van der Waals surface area contributed by atoms with E-state index in [1.54, 1.807) is 12.4 Å². The van der Waals surface area contributed by atoms with Gasteiger partial charge in [0.2, 0.25) is 0 Å². The second-order valence-electron chi connectivity index (χ2n) is 7.42. The van der Waals surface area contributed by atoms with Gasteiger partial charge in [-0.2, -0.15) is 0 Å². The number of hydrogen-bond donors (Lipinski definition) is 2. The fourth-order valence-electron chi connectivity index (χ4n) is 2.87. The first-order chi connectivity index (χ1) is 12.8. The van der Waals surface area contributed by atoms with Gasteiger partial charge in [0.1, 0.15) is 17.8 Å². The van der Waals surface area contributed by atoms with E-state index in [-0.39, 0.29) is 5.56 Å². The molecule has 0 aromatic carbocycles. The summed E-state index contributed by atoms with van der Waals surface area (Å²) in [4.78, 5) is 41.6. The van der Waals surface area contributed by atoms with Crippen molar-refractivity contribution >= 4 is 6.09 Å². The van der Waals surface area contributed by atoms with Crippen LogP contribution in [0, 0.1) is 0 Å². The molecule has 0 fully saturated rings. The Hall–Kier alpha value is -2.81. The molecule has 0 bridgehead atoms. The quantitative estimate of drug-likeness (QED) is 0.826. The summed E-state index contributed by atoms with van der Waals surface area (Å²) >= 11 is 0. The topological polar surface area (TPSA) is 113 Å². The molecule has 0 atom stereocenters. The second-order valence-corrected chi connectivity index (χ2v) is 7.42. The number of nitrogens with one attached hydrogen (secondary N) is 2. The smallest absolute Gasteiger partial charge is 0.407 e. The van der Waals surface area contributed by atoms with Crippen LogP contribution < -0.4 is 10.9 Å². The predicted octanol–water partition coefficient (Wildman–Crippen LogP) is 1.11. The van der Waals surface area contributed by atoms with E-state index in [1.165, 1.54) is 6.33 Å². The molecule has 1 aliphatic rings. The monoisotopic (exact) mass is 372 g/mol. The minimum atomic E-state index is -0.517. The minimum Gasteiger partial charge on any atom is -0.444 e. The van der Waals surface area contributed by atoms with Gasteiger partial charge in [0.15, 0.2) is 0 Å². The molecular weight excluding hydrogens is 348 g/mol. The van der Waals surface area contributed by atoms with Crippen molar-refractivity contribution in [2.24, 2.45) is 0 Å². The number of carbonyl (C=O) groups is 1. The Balaban J connectivity index is 1.63. The number of fused-ring (bicyclic) bond motifs is 1. The summed E-state index contributed by atoms with van der Waals surface area (Å²) < 4.78 is 5.23. The highest BCUT2D eigenvalue weighted by Gasteiger charge is 2.22. The zero-order valence-corrected chi connectivity index (χ0v) is 15.8. The van der Waals surface area contributed by atoms with E-state index in [4.69, 9.17) is 4.74 Å². The molecule has 0 saturated heterocycles. The number of hydrogen-bond acceptors (Lipinski definition) is 7. The number of carbonyl (C=O) groups excluding carboxylic acids is 1. The van der Waals surface area contributed by atoms with Crippen LogP contribution in [0.2, 0.25) is 0 Å². The maximum atomic E-state index is 12.4. The summed E-state index contributed by atoms with van der Waals surface area (Å²) in [7, 11) is 0. The molecule has 0 unspecified atom stereocenters. The minimum absolute atomic E-state index is 0.120. The van der Waals surface area contributed by atoms with Crippen molar-refractivity contribution in [1.29, 1.82) is 0 Å². The molecule has 2 N–H and O–H groups in total. The molecule has 1 aliphatic heterocycles. The van der Waals surface area contributed by atoms with Crippen molar-refractivity contribution < 1.29 is 9.53 Å². The van der Waals surface area contributed by atoms with Crippen LogP contribution in [0.3, 0.4) is 0 Å². The van der Waals surface area contributed by atoms with Crippen molar-refractivity contribution in [2.75, 3.05) is 19.6 Å². The van der Waals surface area contributed by atoms with Gasteiger partial charge in [-0.3, -0.25) is 9.69 Å². The first-order valence-corrected chi connectivity index (χ1v) is 8.88. The normalized spacial score (nSPS) is 14.5. The molecule has 3 heterocycles. The van der Waals surface area contributed by atoms with E-state index in [0.717, 1.165) is 12.2 Å². The Morgan fingerprint density at radius 3 is 2.78 bits per heavy atom. The molecule has 2 aromatic rings. The molecule has 1 amide bonds. The lowest BCUT2D eigenvalue weighted by Crippen LogP contribution is -2.41. The lowest BCUT2D eigenvalue weighted by atomic mass is 10.1. The number of aromatic nitrogens is 4. The van der Waals surface area contributed by atoms with Gasteiger partial charge in [0.25, 0.3) is 5.56 Å². The Morgan fingerprint density at radius 2 is 2.07 bits per heavy atom. The lowest BCUT2D eigenvalue weighted by molar-refractivity contribution is 0.0521. The molecule has 3 rings (SSSR count). The van der Waals surface area contributed by atoms with Crippen LogP contribution in [0.15, 0.2) is 23.5 Å². The molecule has 0 spiro atoms. The number of rotatable bonds is 4. The van der Waals surface area contributed by atoms with E-state index in [2.05, 4.69) is 30.2 Å². The van der Waals surface area contributed by atoms with Crippen LogP contribution in [0.4, 0.5) is 4.79 Å². The van der Waals surface area contributed by atoms with Gasteiger partial charge in [-0.05, 0) is 27.2 Å². The van der Waals surface area contributed by atoms with E-state index in [0.29, 0.717) is 43.0 Å². The lowest BCUT2D eigenvalue weighted by Gasteiger charge is -2.28. The molecule has 2 aromatic heterocycles. The molecule has 9 nitrogen and oxygen atoms in total. The number of ether oxygens (including phenoxy) is 1. The fraction of sp³-hybridized carbons (Fsp3) is 0.500. The van der Waals surface area contributed by atoms with Gasteiger partial charge in [-0.15, -0.1) is 0 Å². The highest BCUT2D eigenvalue weighted by Crippen LogP contribution is 2.17. The molecule has 27 heavy (non-hydrogen) atoms. The van der Waals surface area contributed by atoms with Gasteiger partial charge < -0.3 is 15.0 Å². The van der Waals surface area contributed by atoms with Crippen molar-refractivity contribution in [2.45, 2.75) is 39.3 Å². The first kappa shape index (κ1) is 19.0. The Kier molecular flexibility index (Phi) is 5.50. The third kappa shape index (κ3) is 5.10. The molecule has 0 saturated carbocycles. The third-order valence-electron chi connectivity index (χ3n) is 4.08. The maximum absolute atomic E-state index is 12.4. The number of alkyl carbamates (subject to hydrolysis) is 1. The number of amides is 1. The number of aromatic amines is 1. The zero-order chi connectivity index (χ0) is 19.4. The molecule has 0 aliphatic carbocycles. The zero-order valence-electron chi connectivity index (χ0n) is 15.8. The van der Waals surface area contributed by atoms with Crippen LogP contribution in [-0.4, -0.2) is 56.2 Å². The Bertz CT molecular complexity index is 860. The molecule has 0 radical (unpaired) electrons. The van der Waals surface area contributed by atoms with Crippen LogP contribution in [0.25, 0.3) is 11.4 Å². The average Bonchev–Trinajstić information content (AvgIpc) is 2.60. The second kappa shape index (κ2) is 7.83. The van der Waals surface area contributed by atoms with Crippen LogP contribution in [-0.2, 0) is 17.7 Å². The Labute approximate surface area is 157 Å². The van der Waals surface area contributed by atoms with Crippen molar-refractivity contribution in [3.05, 3.63) is 40.3 Å². The summed E-state index contributed by atoms with van der Waals surface area (Å²) in [5, 5.41) is 2.75. The summed E-state index contributed by atoms with van der Waals surface area (Å²) in [5.41, 5.74) is 1.50. The van der Waals surface area contributed by atoms with Crippen LogP contribution >= 0.6 is 0 Å².